The smallest absolute Gasteiger partial charge is 0.226 e. The highest BCUT2D eigenvalue weighted by atomic mass is 16.7. The molecule has 110 valence electrons. The summed E-state index contributed by atoms with van der Waals surface area (Å²) < 4.78 is 16.5. The monoisotopic (exact) mass is 281 g/mol. The second-order valence-corrected chi connectivity index (χ2v) is 5.24. The van der Waals surface area contributed by atoms with Crippen molar-refractivity contribution in [1.29, 1.82) is 0 Å². The molecule has 1 atom stereocenters. The van der Waals surface area contributed by atoms with Crippen LogP contribution in [0.15, 0.2) is 21.5 Å². The van der Waals surface area contributed by atoms with Gasteiger partial charge in [0.15, 0.2) is 12.0 Å². The highest BCUT2D eigenvalue weighted by Gasteiger charge is 2.33. The molecule has 0 radical (unpaired) electrons. The summed E-state index contributed by atoms with van der Waals surface area (Å²) in [6, 6.07) is 1.54. The van der Waals surface area contributed by atoms with Crippen molar-refractivity contribution in [2.75, 3.05) is 19.8 Å². The molecule has 3 heterocycles. The van der Waals surface area contributed by atoms with E-state index in [0.29, 0.717) is 25.5 Å². The van der Waals surface area contributed by atoms with Crippen molar-refractivity contribution < 1.29 is 19.0 Å². The fourth-order valence-electron chi connectivity index (χ4n) is 2.85. The number of piperidine rings is 1. The van der Waals surface area contributed by atoms with Crippen LogP contribution < -0.4 is 5.43 Å². The van der Waals surface area contributed by atoms with Gasteiger partial charge < -0.3 is 19.0 Å². The van der Waals surface area contributed by atoms with Crippen LogP contribution in [0, 0.1) is 0 Å². The standard InChI is InChI=1S/C14H19NO5/c16-12-7-10(20-9-13(12)17)8-15-4-2-1-3-11(15)14-18-5-6-19-14/h7,9,11,14,17H,1-6,8H2. The first-order chi connectivity index (χ1) is 9.74. The molecule has 0 aliphatic carbocycles. The predicted molar refractivity (Wildman–Crippen MR) is 70.4 cm³/mol. The number of nitrogens with zero attached hydrogens (tertiary/aromatic N) is 1. The molecule has 20 heavy (non-hydrogen) atoms. The molecule has 2 saturated heterocycles. The highest BCUT2D eigenvalue weighted by molar-refractivity contribution is 5.15. The summed E-state index contributed by atoms with van der Waals surface area (Å²) in [5.74, 6) is 0.198. The Bertz CT molecular complexity index is 509. The minimum atomic E-state index is -0.409. The van der Waals surface area contributed by atoms with Crippen LogP contribution in [0.4, 0.5) is 0 Å². The van der Waals surface area contributed by atoms with E-state index < -0.39 is 5.43 Å². The molecule has 0 spiro atoms. The van der Waals surface area contributed by atoms with Crippen molar-refractivity contribution in [3.63, 3.8) is 0 Å². The Kier molecular flexibility index (Phi) is 4.05. The zero-order valence-electron chi connectivity index (χ0n) is 11.3. The summed E-state index contributed by atoms with van der Waals surface area (Å²) in [7, 11) is 0. The highest BCUT2D eigenvalue weighted by Crippen LogP contribution is 2.25. The lowest BCUT2D eigenvalue weighted by molar-refractivity contribution is -0.112. The van der Waals surface area contributed by atoms with Gasteiger partial charge in [0, 0.05) is 6.07 Å². The van der Waals surface area contributed by atoms with Gasteiger partial charge in [-0.15, -0.1) is 0 Å². The maximum absolute atomic E-state index is 11.4. The topological polar surface area (TPSA) is 72.1 Å². The summed E-state index contributed by atoms with van der Waals surface area (Å²) in [4.78, 5) is 13.7. The Balaban J connectivity index is 1.72. The van der Waals surface area contributed by atoms with E-state index in [1.165, 1.54) is 6.07 Å². The van der Waals surface area contributed by atoms with Crippen molar-refractivity contribution in [2.24, 2.45) is 0 Å². The fraction of sp³-hybridized carbons (Fsp3) is 0.643. The SMILES string of the molecule is O=c1cc(CN2CCCCC2C2OCCO2)occ1O. The molecule has 1 aromatic heterocycles. The van der Waals surface area contributed by atoms with Gasteiger partial charge in [0.25, 0.3) is 0 Å². The van der Waals surface area contributed by atoms with Crippen LogP contribution in [0.2, 0.25) is 0 Å². The number of aromatic hydroxyl groups is 1. The zero-order chi connectivity index (χ0) is 13.9. The number of likely N-dealkylation sites (tertiary alicyclic amines) is 1. The van der Waals surface area contributed by atoms with Gasteiger partial charge >= 0.3 is 0 Å². The Labute approximate surface area is 116 Å². The maximum atomic E-state index is 11.4. The molecule has 0 bridgehead atoms. The van der Waals surface area contributed by atoms with E-state index in [9.17, 15) is 9.90 Å². The Hall–Kier alpha value is -1.37. The number of rotatable bonds is 3. The summed E-state index contributed by atoms with van der Waals surface area (Å²) in [5.41, 5.74) is -0.409. The van der Waals surface area contributed by atoms with Crippen LogP contribution in [-0.4, -0.2) is 42.1 Å². The van der Waals surface area contributed by atoms with Crippen molar-refractivity contribution >= 4 is 0 Å². The first kappa shape index (κ1) is 13.6. The first-order valence-corrected chi connectivity index (χ1v) is 7.02. The molecule has 0 aromatic carbocycles. The van der Waals surface area contributed by atoms with Gasteiger partial charge in [-0.2, -0.15) is 0 Å². The maximum Gasteiger partial charge on any atom is 0.226 e. The van der Waals surface area contributed by atoms with Gasteiger partial charge in [-0.1, -0.05) is 6.42 Å². The largest absolute Gasteiger partial charge is 0.502 e. The number of ether oxygens (including phenoxy) is 2. The normalized spacial score (nSPS) is 25.1. The van der Waals surface area contributed by atoms with E-state index in [0.717, 1.165) is 32.1 Å². The van der Waals surface area contributed by atoms with Crippen LogP contribution in [0.3, 0.4) is 0 Å². The molecular formula is C14H19NO5. The Morgan fingerprint density at radius 3 is 2.85 bits per heavy atom. The van der Waals surface area contributed by atoms with Crippen LogP contribution in [0.25, 0.3) is 0 Å². The van der Waals surface area contributed by atoms with Gasteiger partial charge in [-0.3, -0.25) is 9.69 Å². The fourth-order valence-corrected chi connectivity index (χ4v) is 2.85. The lowest BCUT2D eigenvalue weighted by atomic mass is 10.0. The molecule has 1 aromatic rings. The molecule has 1 unspecified atom stereocenters. The zero-order valence-corrected chi connectivity index (χ0v) is 11.3. The molecule has 3 rings (SSSR count). The van der Waals surface area contributed by atoms with Gasteiger partial charge in [-0.25, -0.2) is 0 Å². The third kappa shape index (κ3) is 2.87. The average molecular weight is 281 g/mol. The van der Waals surface area contributed by atoms with Crippen LogP contribution in [0.1, 0.15) is 25.0 Å². The lowest BCUT2D eigenvalue weighted by Gasteiger charge is -2.37. The van der Waals surface area contributed by atoms with Gasteiger partial charge in [-0.05, 0) is 19.4 Å². The van der Waals surface area contributed by atoms with Crippen molar-refractivity contribution in [3.8, 4) is 5.75 Å². The third-order valence-electron chi connectivity index (χ3n) is 3.85. The molecule has 0 saturated carbocycles. The molecule has 1 N–H and O–H groups in total. The summed E-state index contributed by atoms with van der Waals surface area (Å²) in [6.45, 7) is 2.74. The number of hydrogen-bond donors (Lipinski definition) is 1. The van der Waals surface area contributed by atoms with Crippen LogP contribution >= 0.6 is 0 Å². The van der Waals surface area contributed by atoms with E-state index in [1.54, 1.807) is 0 Å². The molecule has 2 fully saturated rings. The van der Waals surface area contributed by atoms with Crippen molar-refractivity contribution in [3.05, 3.63) is 28.3 Å². The second-order valence-electron chi connectivity index (χ2n) is 5.24. The lowest BCUT2D eigenvalue weighted by Crippen LogP contribution is -2.46. The van der Waals surface area contributed by atoms with Gasteiger partial charge in [0.2, 0.25) is 5.43 Å². The Morgan fingerprint density at radius 1 is 1.30 bits per heavy atom. The molecule has 2 aliphatic rings. The summed E-state index contributed by atoms with van der Waals surface area (Å²) in [5, 5.41) is 9.21. The third-order valence-corrected chi connectivity index (χ3v) is 3.85. The van der Waals surface area contributed by atoms with E-state index >= 15 is 0 Å². The van der Waals surface area contributed by atoms with Gasteiger partial charge in [0.05, 0.1) is 25.8 Å². The van der Waals surface area contributed by atoms with E-state index in [-0.39, 0.29) is 18.1 Å². The second kappa shape index (κ2) is 5.95. The Morgan fingerprint density at radius 2 is 2.10 bits per heavy atom. The van der Waals surface area contributed by atoms with E-state index in [2.05, 4.69) is 4.90 Å². The summed E-state index contributed by atoms with van der Waals surface area (Å²) in [6.07, 6.45) is 4.21. The van der Waals surface area contributed by atoms with Crippen molar-refractivity contribution in [2.45, 2.75) is 38.1 Å². The van der Waals surface area contributed by atoms with E-state index in [1.807, 2.05) is 0 Å². The first-order valence-electron chi connectivity index (χ1n) is 7.02. The van der Waals surface area contributed by atoms with Crippen LogP contribution in [-0.2, 0) is 16.0 Å². The van der Waals surface area contributed by atoms with Gasteiger partial charge in [0.1, 0.15) is 12.0 Å². The molecule has 6 nitrogen and oxygen atoms in total. The van der Waals surface area contributed by atoms with Crippen molar-refractivity contribution in [1.82, 2.24) is 4.90 Å². The quantitative estimate of drug-likeness (QED) is 0.893. The van der Waals surface area contributed by atoms with Crippen LogP contribution in [0.5, 0.6) is 5.75 Å². The molecule has 0 amide bonds. The molecule has 6 heteroatoms. The average Bonchev–Trinajstić information content (AvgIpc) is 2.97. The minimum Gasteiger partial charge on any atom is -0.502 e. The molecular weight excluding hydrogens is 262 g/mol. The summed E-state index contributed by atoms with van der Waals surface area (Å²) >= 11 is 0. The molecule has 2 aliphatic heterocycles. The number of hydrogen-bond acceptors (Lipinski definition) is 6. The van der Waals surface area contributed by atoms with E-state index in [4.69, 9.17) is 13.9 Å². The predicted octanol–water partition coefficient (Wildman–Crippen LogP) is 1.07. The minimum absolute atomic E-state index is 0.181.